The van der Waals surface area contributed by atoms with Crippen LogP contribution in [0.3, 0.4) is 0 Å². The largest absolute Gasteiger partial charge is 0.385 e. The first-order valence-electron chi connectivity index (χ1n) is 10.3. The van der Waals surface area contributed by atoms with Crippen LogP contribution in [-0.2, 0) is 4.79 Å². The second kappa shape index (κ2) is 15.0. The van der Waals surface area contributed by atoms with E-state index in [0.29, 0.717) is 6.42 Å². The number of benzene rings is 3. The Balaban J connectivity index is 0.000000463. The number of nitrogens with one attached hydrogen (secondary N) is 1. The predicted octanol–water partition coefficient (Wildman–Crippen LogP) is 8.02. The fourth-order valence-electron chi connectivity index (χ4n) is 2.37. The number of aryl methyl sites for hydroxylation is 3. The number of hydrogen-bond acceptors (Lipinski definition) is 2. The summed E-state index contributed by atoms with van der Waals surface area (Å²) in [4.78, 5) is 9.81. The fourth-order valence-corrected chi connectivity index (χ4v) is 2.37. The Hall–Kier alpha value is -2.87. The molecule has 0 unspecified atom stereocenters. The molecule has 1 N–H and O–H groups in total. The van der Waals surface area contributed by atoms with Gasteiger partial charge in [-0.2, -0.15) is 0 Å². The summed E-state index contributed by atoms with van der Waals surface area (Å²) in [5.41, 5.74) is 7.70. The highest BCUT2D eigenvalue weighted by atomic mass is 16.1. The molecule has 0 saturated heterocycles. The highest BCUT2D eigenvalue weighted by Gasteiger charge is 1.95. The van der Waals surface area contributed by atoms with Crippen molar-refractivity contribution in [2.45, 2.75) is 55.4 Å². The Morgan fingerprint density at radius 3 is 1.23 bits per heavy atom. The molecule has 2 heteroatoms. The molecule has 0 bridgehead atoms. The van der Waals surface area contributed by atoms with E-state index >= 15 is 0 Å². The van der Waals surface area contributed by atoms with Gasteiger partial charge in [0.05, 0.1) is 0 Å². The minimum absolute atomic E-state index is 0. The molecule has 2 nitrogen and oxygen atoms in total. The second-order valence-corrected chi connectivity index (χ2v) is 7.18. The molecule has 162 valence electrons. The summed E-state index contributed by atoms with van der Waals surface area (Å²) in [6, 6.07) is 25.7. The molecule has 3 aromatic carbocycles. The zero-order chi connectivity index (χ0) is 21.6. The van der Waals surface area contributed by atoms with Gasteiger partial charge in [0, 0.05) is 18.7 Å². The zero-order valence-electron chi connectivity index (χ0n) is 18.8. The Kier molecular flexibility index (Phi) is 13.6. The van der Waals surface area contributed by atoms with E-state index in [1.807, 2.05) is 6.92 Å². The van der Waals surface area contributed by atoms with Gasteiger partial charge in [-0.15, -0.1) is 0 Å². The molecule has 3 aromatic rings. The maximum Gasteiger partial charge on any atom is 0.129 e. The number of carbonyl (C=O) groups excluding carboxylic acids is 1. The molecule has 0 atom stereocenters. The van der Waals surface area contributed by atoms with E-state index in [1.54, 1.807) is 6.92 Å². The van der Waals surface area contributed by atoms with Crippen molar-refractivity contribution in [1.82, 2.24) is 0 Å². The molecule has 0 heterocycles. The molecule has 0 spiro atoms. The smallest absolute Gasteiger partial charge is 0.129 e. The van der Waals surface area contributed by atoms with Gasteiger partial charge in [0.15, 0.2) is 0 Å². The summed E-state index contributed by atoms with van der Waals surface area (Å²) >= 11 is 0. The predicted molar refractivity (Wildman–Crippen MR) is 134 cm³/mol. The van der Waals surface area contributed by atoms with Gasteiger partial charge in [-0.3, -0.25) is 0 Å². The van der Waals surface area contributed by atoms with E-state index in [4.69, 9.17) is 0 Å². The van der Waals surface area contributed by atoms with Crippen LogP contribution in [0.1, 0.15) is 51.3 Å². The summed E-state index contributed by atoms with van der Waals surface area (Å²) < 4.78 is 0. The van der Waals surface area contributed by atoms with Crippen molar-refractivity contribution in [3.63, 3.8) is 0 Å². The van der Waals surface area contributed by atoms with Gasteiger partial charge < -0.3 is 10.1 Å². The molecule has 0 aliphatic heterocycles. The lowest BCUT2D eigenvalue weighted by atomic mass is 10.0. The Morgan fingerprint density at radius 1 is 0.667 bits per heavy atom. The van der Waals surface area contributed by atoms with E-state index < -0.39 is 0 Å². The lowest BCUT2D eigenvalue weighted by Crippen LogP contribution is -1.95. The number of ketones is 1. The maximum absolute atomic E-state index is 9.81. The number of rotatable bonds is 4. The zero-order valence-corrected chi connectivity index (χ0v) is 18.8. The molecule has 0 aliphatic carbocycles. The molecule has 0 aromatic heterocycles. The van der Waals surface area contributed by atoms with Crippen LogP contribution in [0.25, 0.3) is 11.1 Å². The average molecular weight is 406 g/mol. The molecule has 0 saturated carbocycles. The Labute approximate surface area is 184 Å². The first-order chi connectivity index (χ1) is 13.8. The summed E-state index contributed by atoms with van der Waals surface area (Å²) in [6.45, 7) is 12.8. The fraction of sp³-hybridized carbons (Fsp3) is 0.321. The van der Waals surface area contributed by atoms with E-state index in [1.165, 1.54) is 33.5 Å². The first-order valence-corrected chi connectivity index (χ1v) is 10.3. The average Bonchev–Trinajstić information content (AvgIpc) is 2.72. The molecule has 0 radical (unpaired) electrons. The number of carbonyl (C=O) groups is 1. The van der Waals surface area contributed by atoms with E-state index in [9.17, 15) is 4.79 Å². The van der Waals surface area contributed by atoms with Gasteiger partial charge in [0.2, 0.25) is 0 Å². The third kappa shape index (κ3) is 11.2. The van der Waals surface area contributed by atoms with E-state index in [-0.39, 0.29) is 13.2 Å². The van der Waals surface area contributed by atoms with Gasteiger partial charge in [-0.25, -0.2) is 0 Å². The summed E-state index contributed by atoms with van der Waals surface area (Å²) in [6.07, 6.45) is 0.667. The van der Waals surface area contributed by atoms with Crippen LogP contribution < -0.4 is 5.32 Å². The molecular weight excluding hydrogens is 366 g/mol. The van der Waals surface area contributed by atoms with Gasteiger partial charge in [0.1, 0.15) is 5.78 Å². The summed E-state index contributed by atoms with van der Waals surface area (Å²) in [5, 5.41) is 3.23. The molecule has 30 heavy (non-hydrogen) atoms. The summed E-state index contributed by atoms with van der Waals surface area (Å²) in [7, 11) is 0. The van der Waals surface area contributed by atoms with Crippen LogP contribution in [0.5, 0.6) is 0 Å². The van der Waals surface area contributed by atoms with Crippen LogP contribution in [0.15, 0.2) is 72.8 Å². The number of hydrogen-bond donors (Lipinski definition) is 1. The molecule has 0 amide bonds. The van der Waals surface area contributed by atoms with Crippen molar-refractivity contribution in [2.75, 3.05) is 11.9 Å². The maximum atomic E-state index is 9.81. The van der Waals surface area contributed by atoms with Crippen LogP contribution in [0, 0.1) is 20.8 Å². The minimum Gasteiger partial charge on any atom is -0.385 e. The van der Waals surface area contributed by atoms with E-state index in [2.05, 4.69) is 106 Å². The Bertz CT molecular complexity index is 788. The molecule has 3 rings (SSSR count). The van der Waals surface area contributed by atoms with Crippen molar-refractivity contribution in [3.8, 4) is 11.1 Å². The van der Waals surface area contributed by atoms with Crippen molar-refractivity contribution in [1.29, 1.82) is 0 Å². The second-order valence-electron chi connectivity index (χ2n) is 7.18. The standard InChI is InChI=1S/C14H14.C9H13N.C4H8O.CH4/c1-11-3-7-13(8-4-11)14-9-5-12(2)6-10-14;1-3-10-9-6-4-8(2)5-7-9;1-3-4(2)5;/h3-10H,1-2H3;4-7,10H,3H2,1-2H3;3H2,1-2H3;1H4. The summed E-state index contributed by atoms with van der Waals surface area (Å²) in [5.74, 6) is 0.255. The van der Waals surface area contributed by atoms with Gasteiger partial charge in [-0.1, -0.05) is 91.7 Å². The van der Waals surface area contributed by atoms with Gasteiger partial charge in [-0.05, 0) is 57.9 Å². The normalized spacial score (nSPS) is 9.13. The van der Waals surface area contributed by atoms with Crippen molar-refractivity contribution < 1.29 is 4.79 Å². The lowest BCUT2D eigenvalue weighted by molar-refractivity contribution is -0.116. The van der Waals surface area contributed by atoms with Crippen molar-refractivity contribution in [2.24, 2.45) is 0 Å². The van der Waals surface area contributed by atoms with Crippen molar-refractivity contribution in [3.05, 3.63) is 89.5 Å². The van der Waals surface area contributed by atoms with Crippen LogP contribution in [0.4, 0.5) is 5.69 Å². The molecule has 0 fully saturated rings. The monoisotopic (exact) mass is 405 g/mol. The highest BCUT2D eigenvalue weighted by Crippen LogP contribution is 2.19. The van der Waals surface area contributed by atoms with Gasteiger partial charge >= 0.3 is 0 Å². The minimum atomic E-state index is 0. The number of Topliss-reactive ketones (excluding diaryl/α,β-unsaturated/α-hetero) is 1. The van der Waals surface area contributed by atoms with E-state index in [0.717, 1.165) is 6.54 Å². The SMILES string of the molecule is C.CCC(C)=O.CCNc1ccc(C)cc1.Cc1ccc(-c2ccc(C)cc2)cc1. The quantitative estimate of drug-likeness (QED) is 0.476. The third-order valence-electron chi connectivity index (χ3n) is 4.37. The topological polar surface area (TPSA) is 29.1 Å². The van der Waals surface area contributed by atoms with Crippen LogP contribution >= 0.6 is 0 Å². The van der Waals surface area contributed by atoms with Crippen LogP contribution in [0.2, 0.25) is 0 Å². The van der Waals surface area contributed by atoms with Gasteiger partial charge in [0.25, 0.3) is 0 Å². The first kappa shape index (κ1) is 27.1. The third-order valence-corrected chi connectivity index (χ3v) is 4.37. The van der Waals surface area contributed by atoms with Crippen LogP contribution in [-0.4, -0.2) is 12.3 Å². The highest BCUT2D eigenvalue weighted by molar-refractivity contribution is 5.74. The molecule has 0 aliphatic rings. The molecular formula is C28H39NO. The number of anilines is 1. The Morgan fingerprint density at radius 2 is 0.967 bits per heavy atom. The van der Waals surface area contributed by atoms with Crippen molar-refractivity contribution >= 4 is 11.5 Å². The lowest BCUT2D eigenvalue weighted by Gasteiger charge is -2.02.